The maximum atomic E-state index is 12.2. The Balaban J connectivity index is 1.69. The Morgan fingerprint density at radius 3 is 2.23 bits per heavy atom. The lowest BCUT2D eigenvalue weighted by atomic mass is 10.0. The summed E-state index contributed by atoms with van der Waals surface area (Å²) in [5, 5.41) is 4.77. The highest BCUT2D eigenvalue weighted by Gasteiger charge is 2.14. The molecule has 3 rings (SSSR count). The zero-order valence-electron chi connectivity index (χ0n) is 19.2. The average Bonchev–Trinajstić information content (AvgIpc) is 2.93. The number of hydrogen-bond donors (Lipinski definition) is 1. The number of amides is 1. The van der Waals surface area contributed by atoms with Crippen LogP contribution in [0, 0.1) is 48.5 Å². The van der Waals surface area contributed by atoms with Gasteiger partial charge < -0.3 is 4.57 Å². The van der Waals surface area contributed by atoms with Gasteiger partial charge in [0.15, 0.2) is 5.16 Å². The molecule has 1 aromatic carbocycles. The molecular weight excluding hydrogens is 406 g/mol. The number of carbonyl (C=O) groups excluding carboxylic acids is 1. The summed E-state index contributed by atoms with van der Waals surface area (Å²) in [6.45, 7) is 14.4. The van der Waals surface area contributed by atoms with Crippen molar-refractivity contribution in [1.82, 2.24) is 20.0 Å². The van der Waals surface area contributed by atoms with E-state index in [4.69, 9.17) is 0 Å². The molecule has 1 N–H and O–H groups in total. The molecule has 2 aromatic heterocycles. The molecule has 6 nitrogen and oxygen atoms in total. The van der Waals surface area contributed by atoms with Crippen molar-refractivity contribution < 1.29 is 4.79 Å². The predicted octanol–water partition coefficient (Wildman–Crippen LogP) is 4.67. The Labute approximate surface area is 188 Å². The summed E-state index contributed by atoms with van der Waals surface area (Å²) in [4.78, 5) is 20.8. The molecule has 0 bridgehead atoms. The molecule has 0 aliphatic rings. The van der Waals surface area contributed by atoms with E-state index in [-0.39, 0.29) is 11.7 Å². The lowest BCUT2D eigenvalue weighted by Crippen LogP contribution is -2.20. The predicted molar refractivity (Wildman–Crippen MR) is 127 cm³/mol. The number of nitrogens with zero attached hydrogens (tertiary/aromatic N) is 4. The number of benzene rings is 1. The van der Waals surface area contributed by atoms with Crippen LogP contribution in [0.15, 0.2) is 34.5 Å². The van der Waals surface area contributed by atoms with E-state index in [0.717, 1.165) is 28.3 Å². The second kappa shape index (κ2) is 9.47. The van der Waals surface area contributed by atoms with E-state index in [1.165, 1.54) is 34.1 Å². The summed E-state index contributed by atoms with van der Waals surface area (Å²) in [5.74, 6) is 0.0177. The van der Waals surface area contributed by atoms with Gasteiger partial charge in [-0.2, -0.15) is 5.10 Å². The van der Waals surface area contributed by atoms with E-state index in [1.54, 1.807) is 6.21 Å². The van der Waals surface area contributed by atoms with Gasteiger partial charge >= 0.3 is 0 Å². The standard InChI is InChI=1S/C24H29N5OS/c1-14-8-15(2)23(16(3)9-14)29-19(6)11-21(20(29)7)12-25-28-22(30)13-31-24-26-17(4)10-18(5)27-24/h8-12H,13H2,1-7H3,(H,28,30)/b25-12-. The van der Waals surface area contributed by atoms with Crippen molar-refractivity contribution >= 4 is 23.9 Å². The summed E-state index contributed by atoms with van der Waals surface area (Å²) in [5.41, 5.74) is 12.5. The van der Waals surface area contributed by atoms with Crippen LogP contribution in [0.25, 0.3) is 5.69 Å². The first kappa shape index (κ1) is 22.7. The van der Waals surface area contributed by atoms with Crippen LogP contribution in [-0.4, -0.2) is 32.4 Å². The average molecular weight is 436 g/mol. The Morgan fingerprint density at radius 2 is 1.61 bits per heavy atom. The Kier molecular flexibility index (Phi) is 6.95. The number of thioether (sulfide) groups is 1. The van der Waals surface area contributed by atoms with Crippen molar-refractivity contribution in [3.63, 3.8) is 0 Å². The normalized spacial score (nSPS) is 11.3. The molecule has 0 radical (unpaired) electrons. The van der Waals surface area contributed by atoms with Crippen LogP contribution >= 0.6 is 11.8 Å². The minimum atomic E-state index is -0.192. The highest BCUT2D eigenvalue weighted by atomic mass is 32.2. The largest absolute Gasteiger partial charge is 0.317 e. The van der Waals surface area contributed by atoms with Crippen LogP contribution in [0.3, 0.4) is 0 Å². The molecule has 2 heterocycles. The molecule has 0 saturated heterocycles. The number of rotatable bonds is 6. The van der Waals surface area contributed by atoms with Gasteiger partial charge in [-0.05, 0) is 71.7 Å². The highest BCUT2D eigenvalue weighted by molar-refractivity contribution is 7.99. The van der Waals surface area contributed by atoms with Gasteiger partial charge in [-0.15, -0.1) is 0 Å². The summed E-state index contributed by atoms with van der Waals surface area (Å²) in [7, 11) is 0. The zero-order chi connectivity index (χ0) is 22.7. The second-order valence-electron chi connectivity index (χ2n) is 7.92. The van der Waals surface area contributed by atoms with Crippen LogP contribution < -0.4 is 5.43 Å². The summed E-state index contributed by atoms with van der Waals surface area (Å²) < 4.78 is 2.25. The fourth-order valence-electron chi connectivity index (χ4n) is 3.88. The van der Waals surface area contributed by atoms with Crippen LogP contribution in [0.5, 0.6) is 0 Å². The number of aromatic nitrogens is 3. The van der Waals surface area contributed by atoms with Crippen molar-refractivity contribution in [2.45, 2.75) is 53.6 Å². The Morgan fingerprint density at radius 1 is 1.00 bits per heavy atom. The number of hydrogen-bond acceptors (Lipinski definition) is 5. The molecule has 7 heteroatoms. The van der Waals surface area contributed by atoms with Crippen LogP contribution in [0.4, 0.5) is 0 Å². The van der Waals surface area contributed by atoms with Gasteiger partial charge in [-0.3, -0.25) is 4.79 Å². The van der Waals surface area contributed by atoms with Gasteiger partial charge in [0, 0.05) is 28.3 Å². The summed E-state index contributed by atoms with van der Waals surface area (Å²) in [6.07, 6.45) is 1.70. The quantitative estimate of drug-likeness (QED) is 0.264. The van der Waals surface area contributed by atoms with Gasteiger partial charge in [0.1, 0.15) is 0 Å². The Hall–Kier alpha value is -2.93. The van der Waals surface area contributed by atoms with Crippen molar-refractivity contribution in [1.29, 1.82) is 0 Å². The first-order valence-electron chi connectivity index (χ1n) is 10.2. The third-order valence-corrected chi connectivity index (χ3v) is 5.86. The van der Waals surface area contributed by atoms with E-state index in [0.29, 0.717) is 5.16 Å². The van der Waals surface area contributed by atoms with Gasteiger partial charge in [-0.1, -0.05) is 29.5 Å². The monoisotopic (exact) mass is 435 g/mol. The number of carbonyl (C=O) groups is 1. The lowest BCUT2D eigenvalue weighted by Gasteiger charge is -2.16. The summed E-state index contributed by atoms with van der Waals surface area (Å²) in [6, 6.07) is 8.39. The zero-order valence-corrected chi connectivity index (χ0v) is 20.0. The van der Waals surface area contributed by atoms with Crippen molar-refractivity contribution in [2.75, 3.05) is 5.75 Å². The molecule has 162 valence electrons. The van der Waals surface area contributed by atoms with Gasteiger partial charge in [0.05, 0.1) is 17.7 Å². The molecule has 0 aliphatic heterocycles. The lowest BCUT2D eigenvalue weighted by molar-refractivity contribution is -0.118. The third-order valence-electron chi connectivity index (χ3n) is 5.02. The van der Waals surface area contributed by atoms with Crippen LogP contribution in [-0.2, 0) is 4.79 Å². The molecule has 0 unspecified atom stereocenters. The molecule has 0 atom stereocenters. The number of nitrogens with one attached hydrogen (secondary N) is 1. The maximum absolute atomic E-state index is 12.2. The highest BCUT2D eigenvalue weighted by Crippen LogP contribution is 2.26. The number of aryl methyl sites for hydroxylation is 6. The molecule has 1 amide bonds. The van der Waals surface area contributed by atoms with Crippen molar-refractivity contribution in [3.05, 3.63) is 69.3 Å². The first-order chi connectivity index (χ1) is 14.7. The summed E-state index contributed by atoms with van der Waals surface area (Å²) >= 11 is 1.30. The SMILES string of the molecule is Cc1cc(C)c(-n2c(C)cc(/C=N\NC(=O)CSc3nc(C)cc(C)n3)c2C)c(C)c1. The maximum Gasteiger partial charge on any atom is 0.250 e. The van der Waals surface area contributed by atoms with E-state index >= 15 is 0 Å². The third kappa shape index (κ3) is 5.41. The molecule has 0 saturated carbocycles. The topological polar surface area (TPSA) is 72.2 Å². The molecule has 31 heavy (non-hydrogen) atoms. The minimum absolute atomic E-state index is 0.192. The molecular formula is C24H29N5OS. The molecule has 3 aromatic rings. The molecule has 0 spiro atoms. The molecule has 0 aliphatic carbocycles. The smallest absolute Gasteiger partial charge is 0.250 e. The van der Waals surface area contributed by atoms with Gasteiger partial charge in [0.25, 0.3) is 5.91 Å². The fourth-order valence-corrected chi connectivity index (χ4v) is 4.62. The number of hydrazone groups is 1. The van der Waals surface area contributed by atoms with Crippen molar-refractivity contribution in [2.24, 2.45) is 5.10 Å². The van der Waals surface area contributed by atoms with E-state index in [1.807, 2.05) is 19.9 Å². The Bertz CT molecular complexity index is 1120. The van der Waals surface area contributed by atoms with Crippen molar-refractivity contribution in [3.8, 4) is 5.69 Å². The van der Waals surface area contributed by atoms with Gasteiger partial charge in [0.2, 0.25) is 0 Å². The van der Waals surface area contributed by atoms with Crippen LogP contribution in [0.1, 0.15) is 45.0 Å². The first-order valence-corrected chi connectivity index (χ1v) is 11.2. The second-order valence-corrected chi connectivity index (χ2v) is 8.87. The van der Waals surface area contributed by atoms with Crippen LogP contribution in [0.2, 0.25) is 0 Å². The fraction of sp³-hybridized carbons (Fsp3) is 0.333. The minimum Gasteiger partial charge on any atom is -0.317 e. The van der Waals surface area contributed by atoms with E-state index in [9.17, 15) is 4.79 Å². The van der Waals surface area contributed by atoms with Gasteiger partial charge in [-0.25, -0.2) is 15.4 Å². The van der Waals surface area contributed by atoms with E-state index in [2.05, 4.69) is 77.9 Å². The molecule has 0 fully saturated rings. The van der Waals surface area contributed by atoms with E-state index < -0.39 is 0 Å².